The van der Waals surface area contributed by atoms with Crippen molar-refractivity contribution in [2.45, 2.75) is 18.5 Å². The predicted molar refractivity (Wildman–Crippen MR) is 63.9 cm³/mol. The van der Waals surface area contributed by atoms with Crippen LogP contribution in [0.4, 0.5) is 0 Å². The second-order valence-corrected chi connectivity index (χ2v) is 4.72. The van der Waals surface area contributed by atoms with E-state index >= 15 is 0 Å². The van der Waals surface area contributed by atoms with E-state index < -0.39 is 0 Å². The molecule has 1 aliphatic carbocycles. The molecule has 1 N–H and O–H groups in total. The number of fused-ring (bicyclic) bond motifs is 3. The van der Waals surface area contributed by atoms with Crippen molar-refractivity contribution in [3.05, 3.63) is 29.3 Å². The molecule has 1 heterocycles. The quantitative estimate of drug-likeness (QED) is 0.766. The highest BCUT2D eigenvalue weighted by Gasteiger charge is 2.38. The largest absolute Gasteiger partial charge is 0.496 e. The van der Waals surface area contributed by atoms with Crippen LogP contribution in [0.3, 0.4) is 0 Å². The van der Waals surface area contributed by atoms with E-state index in [0.29, 0.717) is 12.1 Å². The molecule has 1 aromatic carbocycles. The number of piperazine rings is 1. The molecule has 16 heavy (non-hydrogen) atoms. The number of nitrogens with one attached hydrogen (secondary N) is 1. The van der Waals surface area contributed by atoms with E-state index in [9.17, 15) is 0 Å². The van der Waals surface area contributed by atoms with Crippen LogP contribution in [-0.2, 0) is 6.42 Å². The van der Waals surface area contributed by atoms with Gasteiger partial charge in [-0.05, 0) is 25.1 Å². The number of hydrogen-bond donors (Lipinski definition) is 1. The zero-order valence-electron chi connectivity index (χ0n) is 9.86. The minimum atomic E-state index is 0.527. The fraction of sp³-hybridized carbons (Fsp3) is 0.538. The number of nitrogens with zero attached hydrogens (tertiary/aromatic N) is 1. The van der Waals surface area contributed by atoms with Gasteiger partial charge in [-0.3, -0.25) is 4.90 Å². The number of likely N-dealkylation sites (N-methyl/N-ethyl adjacent to an activating group) is 1. The van der Waals surface area contributed by atoms with Gasteiger partial charge < -0.3 is 10.1 Å². The SMILES string of the molecule is COc1cccc2c1CC1NCCN(C)C21. The first-order valence-electron chi connectivity index (χ1n) is 5.90. The van der Waals surface area contributed by atoms with Crippen molar-refractivity contribution in [1.82, 2.24) is 10.2 Å². The Hall–Kier alpha value is -1.06. The Morgan fingerprint density at radius 3 is 3.12 bits per heavy atom. The molecular weight excluding hydrogens is 200 g/mol. The summed E-state index contributed by atoms with van der Waals surface area (Å²) in [5, 5.41) is 3.61. The van der Waals surface area contributed by atoms with E-state index in [4.69, 9.17) is 4.74 Å². The van der Waals surface area contributed by atoms with Gasteiger partial charge in [-0.2, -0.15) is 0 Å². The normalized spacial score (nSPS) is 28.6. The standard InChI is InChI=1S/C13H18N2O/c1-15-7-6-14-11-8-10-9(13(11)15)4-3-5-12(10)16-2/h3-5,11,13-14H,6-8H2,1-2H3. The molecule has 0 amide bonds. The third-order valence-electron chi connectivity index (χ3n) is 3.86. The van der Waals surface area contributed by atoms with Crippen LogP contribution >= 0.6 is 0 Å². The summed E-state index contributed by atoms with van der Waals surface area (Å²) >= 11 is 0. The Labute approximate surface area is 96.4 Å². The Bertz CT molecular complexity index is 405. The van der Waals surface area contributed by atoms with Crippen molar-refractivity contribution in [3.63, 3.8) is 0 Å². The van der Waals surface area contributed by atoms with E-state index in [1.54, 1.807) is 7.11 Å². The summed E-state index contributed by atoms with van der Waals surface area (Å²) in [7, 11) is 3.97. The first-order valence-corrected chi connectivity index (χ1v) is 5.90. The van der Waals surface area contributed by atoms with Gasteiger partial charge in [0.15, 0.2) is 0 Å². The summed E-state index contributed by atoms with van der Waals surface area (Å²) in [6.45, 7) is 2.21. The molecule has 0 aromatic heterocycles. The smallest absolute Gasteiger partial charge is 0.122 e. The zero-order chi connectivity index (χ0) is 11.1. The van der Waals surface area contributed by atoms with Crippen molar-refractivity contribution in [1.29, 1.82) is 0 Å². The molecule has 0 spiro atoms. The van der Waals surface area contributed by atoms with Gasteiger partial charge in [0.2, 0.25) is 0 Å². The summed E-state index contributed by atoms with van der Waals surface area (Å²) in [5.41, 5.74) is 2.83. The fourth-order valence-corrected chi connectivity index (χ4v) is 3.11. The molecular formula is C13H18N2O. The number of benzene rings is 1. The Morgan fingerprint density at radius 2 is 2.31 bits per heavy atom. The highest BCUT2D eigenvalue weighted by molar-refractivity contribution is 5.47. The zero-order valence-corrected chi connectivity index (χ0v) is 9.86. The highest BCUT2D eigenvalue weighted by Crippen LogP contribution is 2.40. The van der Waals surface area contributed by atoms with E-state index in [1.165, 1.54) is 11.1 Å². The van der Waals surface area contributed by atoms with E-state index in [1.807, 2.05) is 0 Å². The average Bonchev–Trinajstić information content (AvgIpc) is 2.68. The molecule has 2 unspecified atom stereocenters. The Morgan fingerprint density at radius 1 is 1.44 bits per heavy atom. The second-order valence-electron chi connectivity index (χ2n) is 4.72. The fourth-order valence-electron chi connectivity index (χ4n) is 3.11. The van der Waals surface area contributed by atoms with E-state index in [0.717, 1.165) is 25.3 Å². The second kappa shape index (κ2) is 3.75. The molecule has 1 saturated heterocycles. The van der Waals surface area contributed by atoms with Crippen LogP contribution in [0.15, 0.2) is 18.2 Å². The minimum absolute atomic E-state index is 0.527. The van der Waals surface area contributed by atoms with Gasteiger partial charge in [-0.15, -0.1) is 0 Å². The Balaban J connectivity index is 2.05. The lowest BCUT2D eigenvalue weighted by Crippen LogP contribution is -2.49. The lowest BCUT2D eigenvalue weighted by molar-refractivity contribution is 0.164. The molecule has 0 saturated carbocycles. The van der Waals surface area contributed by atoms with Gasteiger partial charge in [0.1, 0.15) is 5.75 Å². The molecule has 1 fully saturated rings. The summed E-state index contributed by atoms with van der Waals surface area (Å²) in [6.07, 6.45) is 1.09. The highest BCUT2D eigenvalue weighted by atomic mass is 16.5. The molecule has 0 radical (unpaired) electrons. The van der Waals surface area contributed by atoms with Gasteiger partial charge in [-0.25, -0.2) is 0 Å². The lowest BCUT2D eigenvalue weighted by Gasteiger charge is -2.36. The topological polar surface area (TPSA) is 24.5 Å². The van der Waals surface area contributed by atoms with Gasteiger partial charge in [0.05, 0.1) is 13.2 Å². The first kappa shape index (κ1) is 10.1. The number of hydrogen-bond acceptors (Lipinski definition) is 3. The molecule has 0 bridgehead atoms. The lowest BCUT2D eigenvalue weighted by atomic mass is 10.0. The average molecular weight is 218 g/mol. The minimum Gasteiger partial charge on any atom is -0.496 e. The maximum absolute atomic E-state index is 5.45. The molecule has 3 nitrogen and oxygen atoms in total. The number of ether oxygens (including phenoxy) is 1. The van der Waals surface area contributed by atoms with Crippen molar-refractivity contribution in [2.24, 2.45) is 0 Å². The number of methoxy groups -OCH3 is 1. The Kier molecular flexibility index (Phi) is 2.37. The molecule has 3 heteroatoms. The predicted octanol–water partition coefficient (Wildman–Crippen LogP) is 1.20. The molecule has 3 rings (SSSR count). The van der Waals surface area contributed by atoms with Crippen molar-refractivity contribution < 1.29 is 4.74 Å². The van der Waals surface area contributed by atoms with Gasteiger partial charge in [0, 0.05) is 24.7 Å². The van der Waals surface area contributed by atoms with E-state index in [-0.39, 0.29) is 0 Å². The van der Waals surface area contributed by atoms with Gasteiger partial charge in [0.25, 0.3) is 0 Å². The molecule has 2 aliphatic rings. The van der Waals surface area contributed by atoms with Crippen LogP contribution in [0.1, 0.15) is 17.2 Å². The van der Waals surface area contributed by atoms with Gasteiger partial charge >= 0.3 is 0 Å². The van der Waals surface area contributed by atoms with Crippen LogP contribution in [0.2, 0.25) is 0 Å². The third kappa shape index (κ3) is 1.35. The van der Waals surface area contributed by atoms with Gasteiger partial charge in [-0.1, -0.05) is 12.1 Å². The van der Waals surface area contributed by atoms with Crippen LogP contribution in [0, 0.1) is 0 Å². The maximum Gasteiger partial charge on any atom is 0.122 e. The van der Waals surface area contributed by atoms with Crippen molar-refractivity contribution in [3.8, 4) is 5.75 Å². The molecule has 1 aromatic rings. The third-order valence-corrected chi connectivity index (χ3v) is 3.86. The summed E-state index contributed by atoms with van der Waals surface area (Å²) in [4.78, 5) is 2.45. The maximum atomic E-state index is 5.45. The van der Waals surface area contributed by atoms with Crippen molar-refractivity contribution >= 4 is 0 Å². The van der Waals surface area contributed by atoms with Crippen LogP contribution in [0.25, 0.3) is 0 Å². The van der Waals surface area contributed by atoms with Crippen LogP contribution in [-0.4, -0.2) is 38.2 Å². The molecule has 1 aliphatic heterocycles. The summed E-state index contributed by atoms with van der Waals surface area (Å²) < 4.78 is 5.45. The van der Waals surface area contributed by atoms with Crippen LogP contribution in [0.5, 0.6) is 5.75 Å². The monoisotopic (exact) mass is 218 g/mol. The summed E-state index contributed by atoms with van der Waals surface area (Å²) in [5.74, 6) is 1.04. The number of rotatable bonds is 1. The first-order chi connectivity index (χ1) is 7.81. The molecule has 2 atom stereocenters. The molecule has 86 valence electrons. The van der Waals surface area contributed by atoms with Crippen LogP contribution < -0.4 is 10.1 Å². The summed E-state index contributed by atoms with van der Waals surface area (Å²) in [6, 6.07) is 7.49. The van der Waals surface area contributed by atoms with Crippen molar-refractivity contribution in [2.75, 3.05) is 27.2 Å². The van der Waals surface area contributed by atoms with E-state index in [2.05, 4.69) is 35.5 Å².